The highest BCUT2D eigenvalue weighted by Crippen LogP contribution is 2.23. The van der Waals surface area contributed by atoms with Crippen molar-refractivity contribution < 1.29 is 50.0 Å². The quantitative estimate of drug-likeness (QED) is 0.0283. The van der Waals surface area contributed by atoms with Crippen LogP contribution in [0.1, 0.15) is 162 Å². The lowest BCUT2D eigenvalue weighted by Crippen LogP contribution is -2.60. The number of aliphatic hydroxyl groups is 7. The van der Waals surface area contributed by atoms with Crippen LogP contribution in [0.15, 0.2) is 36.5 Å². The third kappa shape index (κ3) is 23.4. The van der Waals surface area contributed by atoms with E-state index in [1.807, 2.05) is 0 Å². The van der Waals surface area contributed by atoms with Crippen LogP contribution in [0.4, 0.5) is 0 Å². The minimum atomic E-state index is -1.67. The molecule has 0 aromatic carbocycles. The van der Waals surface area contributed by atoms with E-state index in [1.54, 1.807) is 0 Å². The zero-order valence-electron chi connectivity index (χ0n) is 33.7. The van der Waals surface area contributed by atoms with Gasteiger partial charge in [-0.05, 0) is 70.6 Å². The van der Waals surface area contributed by atoms with Gasteiger partial charge in [-0.25, -0.2) is 0 Å². The maximum atomic E-state index is 13.0. The zero-order valence-corrected chi connectivity index (χ0v) is 33.7. The second kappa shape index (κ2) is 33.5. The smallest absolute Gasteiger partial charge is 0.249 e. The van der Waals surface area contributed by atoms with E-state index in [9.17, 15) is 40.5 Å². The van der Waals surface area contributed by atoms with Gasteiger partial charge in [-0.3, -0.25) is 4.79 Å². The summed E-state index contributed by atoms with van der Waals surface area (Å²) in [5, 5.41) is 75.2. The third-order valence-corrected chi connectivity index (χ3v) is 10.1. The fourth-order valence-corrected chi connectivity index (χ4v) is 6.49. The van der Waals surface area contributed by atoms with E-state index in [1.165, 1.54) is 64.2 Å². The van der Waals surface area contributed by atoms with Crippen LogP contribution in [0.5, 0.6) is 0 Å². The molecule has 316 valence electrons. The molecule has 1 heterocycles. The number of carbonyl (C=O) groups is 1. The predicted molar refractivity (Wildman–Crippen MR) is 215 cm³/mol. The molecule has 0 radical (unpaired) electrons. The molecule has 0 saturated carbocycles. The Morgan fingerprint density at radius 1 is 0.630 bits per heavy atom. The van der Waals surface area contributed by atoms with Gasteiger partial charge in [-0.2, -0.15) is 0 Å². The molecule has 1 aliphatic rings. The molecule has 0 spiro atoms. The summed E-state index contributed by atoms with van der Waals surface area (Å²) in [4.78, 5) is 13.0. The van der Waals surface area contributed by atoms with Crippen molar-refractivity contribution in [2.75, 3.05) is 13.2 Å². The van der Waals surface area contributed by atoms with Gasteiger partial charge in [0.15, 0.2) is 6.29 Å². The summed E-state index contributed by atoms with van der Waals surface area (Å²) in [6.07, 6.45) is 25.0. The Balaban J connectivity index is 2.52. The van der Waals surface area contributed by atoms with Crippen molar-refractivity contribution in [3.63, 3.8) is 0 Å². The number of carbonyl (C=O) groups excluding carboxylic acids is 1. The van der Waals surface area contributed by atoms with E-state index >= 15 is 0 Å². The number of allylic oxidation sites excluding steroid dienone is 6. The molecule has 9 atom stereocenters. The highest BCUT2D eigenvalue weighted by Gasteiger charge is 2.44. The molecule has 1 rings (SSSR count). The molecule has 1 fully saturated rings. The summed E-state index contributed by atoms with van der Waals surface area (Å²) in [6, 6.07) is -1.19. The van der Waals surface area contributed by atoms with E-state index in [4.69, 9.17) is 9.47 Å². The number of amides is 1. The fraction of sp³-hybridized carbons (Fsp3) is 0.837. The Labute approximate surface area is 326 Å². The summed E-state index contributed by atoms with van der Waals surface area (Å²) in [5.41, 5.74) is 0. The van der Waals surface area contributed by atoms with Crippen molar-refractivity contribution in [2.24, 2.45) is 0 Å². The number of unbranched alkanes of at least 4 members (excludes halogenated alkanes) is 16. The Morgan fingerprint density at radius 3 is 1.70 bits per heavy atom. The molecule has 1 amide bonds. The second-order valence-corrected chi connectivity index (χ2v) is 15.0. The van der Waals surface area contributed by atoms with Gasteiger partial charge in [0.25, 0.3) is 0 Å². The van der Waals surface area contributed by atoms with Gasteiger partial charge in [0.1, 0.15) is 36.6 Å². The van der Waals surface area contributed by atoms with Crippen molar-refractivity contribution in [1.29, 1.82) is 0 Å². The van der Waals surface area contributed by atoms with Crippen LogP contribution in [0.3, 0.4) is 0 Å². The molecule has 11 heteroatoms. The summed E-state index contributed by atoms with van der Waals surface area (Å²) in [5.74, 6) is -0.728. The lowest BCUT2D eigenvalue weighted by atomic mass is 9.98. The second-order valence-electron chi connectivity index (χ2n) is 15.0. The first-order valence-electron chi connectivity index (χ1n) is 21.4. The average molecular weight is 770 g/mol. The fourth-order valence-electron chi connectivity index (χ4n) is 6.49. The molecular weight excluding hydrogens is 690 g/mol. The van der Waals surface area contributed by atoms with E-state index in [0.29, 0.717) is 19.3 Å². The Hall–Kier alpha value is -1.67. The summed E-state index contributed by atoms with van der Waals surface area (Å²) in [6.45, 7) is 3.32. The number of aliphatic hydroxyl groups excluding tert-OH is 7. The predicted octanol–water partition coefficient (Wildman–Crippen LogP) is 6.05. The molecule has 0 aromatic rings. The van der Waals surface area contributed by atoms with Crippen molar-refractivity contribution >= 4 is 5.91 Å². The highest BCUT2D eigenvalue weighted by molar-refractivity contribution is 5.80. The van der Waals surface area contributed by atoms with Crippen LogP contribution in [-0.2, 0) is 14.3 Å². The molecule has 9 unspecified atom stereocenters. The van der Waals surface area contributed by atoms with Crippen LogP contribution in [0.25, 0.3) is 0 Å². The minimum absolute atomic E-state index is 0.228. The van der Waals surface area contributed by atoms with Crippen LogP contribution in [-0.4, -0.2) is 110 Å². The average Bonchev–Trinajstić information content (AvgIpc) is 3.17. The van der Waals surface area contributed by atoms with Gasteiger partial charge in [-0.15, -0.1) is 0 Å². The van der Waals surface area contributed by atoms with Gasteiger partial charge in [-0.1, -0.05) is 127 Å². The van der Waals surface area contributed by atoms with E-state index in [2.05, 4.69) is 55.6 Å². The van der Waals surface area contributed by atoms with Crippen LogP contribution in [0, 0.1) is 0 Å². The van der Waals surface area contributed by atoms with Gasteiger partial charge < -0.3 is 50.5 Å². The van der Waals surface area contributed by atoms with Crippen LogP contribution < -0.4 is 5.32 Å². The van der Waals surface area contributed by atoms with Crippen molar-refractivity contribution in [3.8, 4) is 0 Å². The first kappa shape index (κ1) is 50.3. The maximum Gasteiger partial charge on any atom is 0.249 e. The van der Waals surface area contributed by atoms with Crippen molar-refractivity contribution in [2.45, 2.75) is 217 Å². The lowest BCUT2D eigenvalue weighted by Gasteiger charge is -2.40. The van der Waals surface area contributed by atoms with Crippen LogP contribution >= 0.6 is 0 Å². The Bertz CT molecular complexity index is 976. The standard InChI is InChI=1S/C43H79NO10/c1-3-5-7-9-11-13-14-15-16-17-18-19-20-21-23-24-26-28-30-35(46)38(48)34(33-53-43-41(51)40(50)39(49)37(32-45)54-43)44-42(52)36(47)31-29-27-25-22-12-10-8-6-4-2/h10,12,18-19,23-24,34-41,43,45-51H,3-9,11,13-17,20-22,25-33H2,1-2H3,(H,44,52)/b12-10-,19-18+,24-23+. The number of rotatable bonds is 34. The molecule has 0 aliphatic carbocycles. The first-order valence-corrected chi connectivity index (χ1v) is 21.4. The summed E-state index contributed by atoms with van der Waals surface area (Å²) in [7, 11) is 0. The molecule has 11 nitrogen and oxygen atoms in total. The number of hydrogen-bond acceptors (Lipinski definition) is 10. The maximum absolute atomic E-state index is 13.0. The minimum Gasteiger partial charge on any atom is -0.394 e. The van der Waals surface area contributed by atoms with Gasteiger partial charge >= 0.3 is 0 Å². The zero-order chi connectivity index (χ0) is 39.8. The van der Waals surface area contributed by atoms with E-state index in [0.717, 1.165) is 51.4 Å². The number of nitrogens with one attached hydrogen (secondary N) is 1. The molecular formula is C43H79NO10. The largest absolute Gasteiger partial charge is 0.394 e. The molecule has 1 aliphatic heterocycles. The van der Waals surface area contributed by atoms with Crippen molar-refractivity contribution in [1.82, 2.24) is 5.32 Å². The molecule has 54 heavy (non-hydrogen) atoms. The highest BCUT2D eigenvalue weighted by atomic mass is 16.7. The number of ether oxygens (including phenoxy) is 2. The molecule has 0 bridgehead atoms. The Kier molecular flexibility index (Phi) is 31.2. The summed E-state index contributed by atoms with van der Waals surface area (Å²) >= 11 is 0. The number of hydrogen-bond donors (Lipinski definition) is 8. The molecule has 1 saturated heterocycles. The van der Waals surface area contributed by atoms with E-state index in [-0.39, 0.29) is 12.8 Å². The topological polar surface area (TPSA) is 189 Å². The van der Waals surface area contributed by atoms with Crippen LogP contribution in [0.2, 0.25) is 0 Å². The van der Waals surface area contributed by atoms with E-state index < -0.39 is 74.2 Å². The monoisotopic (exact) mass is 770 g/mol. The SMILES string of the molecule is CCCC/C=C\CCCCCC(O)C(=O)NC(COC1OC(CO)C(O)C(O)C1O)C(O)C(O)CCC/C=C/CC/C=C/CCCCCCCCCCC. The normalized spacial score (nSPS) is 23.0. The Morgan fingerprint density at radius 2 is 1.13 bits per heavy atom. The molecule has 8 N–H and O–H groups in total. The third-order valence-electron chi connectivity index (χ3n) is 10.1. The lowest BCUT2D eigenvalue weighted by molar-refractivity contribution is -0.303. The van der Waals surface area contributed by atoms with Crippen molar-refractivity contribution in [3.05, 3.63) is 36.5 Å². The molecule has 0 aromatic heterocycles. The van der Waals surface area contributed by atoms with Gasteiger partial charge in [0.05, 0.1) is 25.4 Å². The van der Waals surface area contributed by atoms with Gasteiger partial charge in [0.2, 0.25) is 5.91 Å². The first-order chi connectivity index (χ1) is 26.2. The summed E-state index contributed by atoms with van der Waals surface area (Å²) < 4.78 is 11.0. The van der Waals surface area contributed by atoms with Gasteiger partial charge in [0, 0.05) is 0 Å².